The molecule has 2 aliphatic heterocycles. The van der Waals surface area contributed by atoms with Gasteiger partial charge in [-0.25, -0.2) is 15.0 Å². The molecule has 2 aliphatic rings. The summed E-state index contributed by atoms with van der Waals surface area (Å²) in [6.45, 7) is 9.82. The topological polar surface area (TPSA) is 98.3 Å². The highest BCUT2D eigenvalue weighted by Gasteiger charge is 2.22. The average molecular weight is 460 g/mol. The Hall–Kier alpha value is -3.66. The zero-order valence-corrected chi connectivity index (χ0v) is 19.4. The fraction of sp³-hybridized carbons (Fsp3) is 0.417. The summed E-state index contributed by atoms with van der Waals surface area (Å²) in [5, 5.41) is 4.48. The number of hydrogen-bond donors (Lipinski definition) is 2. The molecule has 10 nitrogen and oxygen atoms in total. The fourth-order valence-corrected chi connectivity index (χ4v) is 4.78. The van der Waals surface area contributed by atoms with Crippen LogP contribution in [0.5, 0.6) is 5.88 Å². The summed E-state index contributed by atoms with van der Waals surface area (Å²) in [7, 11) is 0. The molecule has 0 amide bonds. The van der Waals surface area contributed by atoms with Crippen LogP contribution in [0.25, 0.3) is 21.9 Å². The van der Waals surface area contributed by atoms with E-state index in [4.69, 9.17) is 14.7 Å². The summed E-state index contributed by atoms with van der Waals surface area (Å²) in [5.74, 6) is 2.16. The number of H-pyrrole nitrogens is 1. The van der Waals surface area contributed by atoms with E-state index in [0.717, 1.165) is 86.2 Å². The van der Waals surface area contributed by atoms with Crippen molar-refractivity contribution in [3.8, 4) is 5.88 Å². The number of nitrogens with zero attached hydrogens (tertiary/aromatic N) is 7. The molecule has 2 fully saturated rings. The molecule has 34 heavy (non-hydrogen) atoms. The number of aromatic nitrogens is 5. The van der Waals surface area contributed by atoms with Crippen molar-refractivity contribution in [2.24, 2.45) is 0 Å². The maximum atomic E-state index is 5.93. The monoisotopic (exact) mass is 459 g/mol. The lowest BCUT2D eigenvalue weighted by Crippen LogP contribution is -2.47. The Morgan fingerprint density at radius 1 is 0.882 bits per heavy atom. The van der Waals surface area contributed by atoms with Gasteiger partial charge < -0.3 is 29.7 Å². The first-order valence-corrected chi connectivity index (χ1v) is 12.0. The van der Waals surface area contributed by atoms with E-state index in [-0.39, 0.29) is 0 Å². The molecule has 6 rings (SSSR count). The first-order valence-electron chi connectivity index (χ1n) is 12.0. The van der Waals surface area contributed by atoms with Gasteiger partial charge in [0, 0.05) is 75.8 Å². The van der Waals surface area contributed by atoms with Gasteiger partial charge in [0.05, 0.1) is 12.1 Å². The van der Waals surface area contributed by atoms with Gasteiger partial charge in [-0.1, -0.05) is 0 Å². The van der Waals surface area contributed by atoms with E-state index in [1.54, 1.807) is 12.4 Å². The van der Waals surface area contributed by atoms with Crippen LogP contribution >= 0.6 is 0 Å². The highest BCUT2D eigenvalue weighted by atomic mass is 16.5. The number of benzene rings is 1. The van der Waals surface area contributed by atoms with Gasteiger partial charge in [0.15, 0.2) is 0 Å². The molecule has 1 aromatic carbocycles. The lowest BCUT2D eigenvalue weighted by molar-refractivity contribution is 0.330. The molecule has 0 aliphatic carbocycles. The van der Waals surface area contributed by atoms with Crippen LogP contribution in [-0.2, 0) is 0 Å². The molecular formula is C24H29N9O. The molecule has 5 heterocycles. The van der Waals surface area contributed by atoms with Crippen LogP contribution in [0.15, 0.2) is 36.7 Å². The van der Waals surface area contributed by atoms with Crippen LogP contribution in [-0.4, -0.2) is 83.9 Å². The Morgan fingerprint density at radius 3 is 2.38 bits per heavy atom. The molecule has 0 radical (unpaired) electrons. The van der Waals surface area contributed by atoms with E-state index in [2.05, 4.69) is 53.2 Å². The summed E-state index contributed by atoms with van der Waals surface area (Å²) >= 11 is 0. The van der Waals surface area contributed by atoms with Crippen molar-refractivity contribution < 1.29 is 4.74 Å². The van der Waals surface area contributed by atoms with Crippen molar-refractivity contribution in [1.82, 2.24) is 30.2 Å². The van der Waals surface area contributed by atoms with E-state index in [1.165, 1.54) is 5.69 Å². The van der Waals surface area contributed by atoms with Crippen LogP contribution in [0.1, 0.15) is 6.92 Å². The Morgan fingerprint density at radius 2 is 1.62 bits per heavy atom. The number of aromatic amines is 1. The molecule has 2 saturated heterocycles. The van der Waals surface area contributed by atoms with Gasteiger partial charge in [0.25, 0.3) is 0 Å². The molecular weight excluding hydrogens is 430 g/mol. The largest absolute Gasteiger partial charge is 0.476 e. The molecule has 0 unspecified atom stereocenters. The molecule has 0 bridgehead atoms. The second kappa shape index (κ2) is 8.94. The molecule has 176 valence electrons. The zero-order valence-electron chi connectivity index (χ0n) is 19.4. The Bertz CT molecular complexity index is 1280. The third-order valence-electron chi connectivity index (χ3n) is 6.54. The number of fused-ring (bicyclic) bond motifs is 3. The molecule has 2 N–H and O–H groups in total. The fourth-order valence-electron chi connectivity index (χ4n) is 4.78. The number of ether oxygens (including phenoxy) is 1. The first-order chi connectivity index (χ1) is 16.8. The van der Waals surface area contributed by atoms with Crippen LogP contribution < -0.4 is 24.8 Å². The maximum Gasteiger partial charge on any atom is 0.243 e. The minimum Gasteiger partial charge on any atom is -0.476 e. The number of rotatable bonds is 5. The highest BCUT2D eigenvalue weighted by molar-refractivity contribution is 6.07. The lowest BCUT2D eigenvalue weighted by Gasteiger charge is -2.36. The van der Waals surface area contributed by atoms with E-state index >= 15 is 0 Å². The predicted octanol–water partition coefficient (Wildman–Crippen LogP) is 2.04. The van der Waals surface area contributed by atoms with E-state index in [0.29, 0.717) is 12.5 Å². The maximum absolute atomic E-state index is 5.93. The Labute approximate surface area is 198 Å². The van der Waals surface area contributed by atoms with Gasteiger partial charge in [-0.05, 0) is 31.2 Å². The molecule has 0 atom stereocenters. The van der Waals surface area contributed by atoms with Crippen LogP contribution in [0.3, 0.4) is 0 Å². The third-order valence-corrected chi connectivity index (χ3v) is 6.54. The number of piperazine rings is 2. The quantitative estimate of drug-likeness (QED) is 0.464. The smallest absolute Gasteiger partial charge is 0.243 e. The summed E-state index contributed by atoms with van der Waals surface area (Å²) < 4.78 is 5.93. The summed E-state index contributed by atoms with van der Waals surface area (Å²) in [5.41, 5.74) is 4.02. The van der Waals surface area contributed by atoms with E-state index in [9.17, 15) is 0 Å². The van der Waals surface area contributed by atoms with Crippen molar-refractivity contribution in [2.75, 3.05) is 73.7 Å². The highest BCUT2D eigenvalue weighted by Crippen LogP contribution is 2.33. The molecule has 0 saturated carbocycles. The lowest BCUT2D eigenvalue weighted by atomic mass is 10.2. The third kappa shape index (κ3) is 3.83. The van der Waals surface area contributed by atoms with E-state index in [1.807, 2.05) is 13.0 Å². The summed E-state index contributed by atoms with van der Waals surface area (Å²) in [4.78, 5) is 28.9. The van der Waals surface area contributed by atoms with Crippen LogP contribution in [0, 0.1) is 0 Å². The number of hydrogen-bond acceptors (Lipinski definition) is 9. The molecule has 0 spiro atoms. The van der Waals surface area contributed by atoms with Crippen molar-refractivity contribution in [1.29, 1.82) is 0 Å². The minimum absolute atomic E-state index is 0.559. The normalized spacial score (nSPS) is 17.0. The van der Waals surface area contributed by atoms with Gasteiger partial charge >= 0.3 is 0 Å². The number of nitrogens with one attached hydrogen (secondary N) is 2. The molecule has 3 aromatic heterocycles. The Kier molecular flexibility index (Phi) is 5.50. The average Bonchev–Trinajstić information content (AvgIpc) is 3.28. The van der Waals surface area contributed by atoms with Gasteiger partial charge in [-0.2, -0.15) is 4.98 Å². The SMILES string of the molecule is CCOc1nc(N2CCNCC2)nc2c1[nH]c1cc(N3CCN(c4ncccn4)CC3)ccc12. The first kappa shape index (κ1) is 20.9. The number of anilines is 3. The van der Waals surface area contributed by atoms with Crippen molar-refractivity contribution in [3.63, 3.8) is 0 Å². The van der Waals surface area contributed by atoms with Gasteiger partial charge in [0.2, 0.25) is 17.8 Å². The molecule has 10 heteroatoms. The summed E-state index contributed by atoms with van der Waals surface area (Å²) in [6, 6.07) is 8.42. The Balaban J connectivity index is 1.30. The minimum atomic E-state index is 0.559. The zero-order chi connectivity index (χ0) is 22.9. The van der Waals surface area contributed by atoms with Crippen LogP contribution in [0.4, 0.5) is 17.6 Å². The van der Waals surface area contributed by atoms with Crippen molar-refractivity contribution in [3.05, 3.63) is 36.7 Å². The van der Waals surface area contributed by atoms with Crippen molar-refractivity contribution >= 4 is 39.5 Å². The van der Waals surface area contributed by atoms with Gasteiger partial charge in [-0.3, -0.25) is 0 Å². The standard InChI is InChI=1S/C24H29N9O/c1-2-34-22-21-20(29-24(30-22)32-10-8-25-9-11-32)18-5-4-17(16-19(18)28-21)31-12-14-33(15-13-31)23-26-6-3-7-27-23/h3-7,16,25,28H,2,8-15H2,1H3. The second-order valence-electron chi connectivity index (χ2n) is 8.60. The van der Waals surface area contributed by atoms with Gasteiger partial charge in [-0.15, -0.1) is 0 Å². The van der Waals surface area contributed by atoms with Crippen LogP contribution in [0.2, 0.25) is 0 Å². The van der Waals surface area contributed by atoms with E-state index < -0.39 is 0 Å². The molecule has 4 aromatic rings. The predicted molar refractivity (Wildman–Crippen MR) is 134 cm³/mol. The summed E-state index contributed by atoms with van der Waals surface area (Å²) in [6.07, 6.45) is 3.59. The van der Waals surface area contributed by atoms with Crippen molar-refractivity contribution in [2.45, 2.75) is 6.92 Å². The van der Waals surface area contributed by atoms with Gasteiger partial charge in [0.1, 0.15) is 11.0 Å². The second-order valence-corrected chi connectivity index (χ2v) is 8.60.